The predicted molar refractivity (Wildman–Crippen MR) is 70.8 cm³/mol. The largest absolute Gasteiger partial charge is 0.341 e. The molecule has 0 N–H and O–H groups in total. The van der Waals surface area contributed by atoms with Crippen LogP contribution in [0.15, 0.2) is 48.8 Å². The first-order valence-corrected chi connectivity index (χ1v) is 6.02. The second-order valence-electron chi connectivity index (χ2n) is 4.41. The van der Waals surface area contributed by atoms with Crippen LogP contribution in [0, 0.1) is 5.82 Å². The van der Waals surface area contributed by atoms with E-state index in [9.17, 15) is 9.18 Å². The molecule has 3 nitrogen and oxygen atoms in total. The summed E-state index contributed by atoms with van der Waals surface area (Å²) in [7, 11) is 1.74. The lowest BCUT2D eigenvalue weighted by molar-refractivity contribution is -0.129. The lowest BCUT2D eigenvalue weighted by Gasteiger charge is -2.17. The fourth-order valence-electron chi connectivity index (χ4n) is 1.81. The van der Waals surface area contributed by atoms with Gasteiger partial charge in [0.2, 0.25) is 5.91 Å². The molecule has 0 unspecified atom stereocenters. The number of carbonyl (C=O) groups is 1. The van der Waals surface area contributed by atoms with Gasteiger partial charge in [-0.1, -0.05) is 12.1 Å². The van der Waals surface area contributed by atoms with E-state index >= 15 is 0 Å². The van der Waals surface area contributed by atoms with Gasteiger partial charge in [-0.15, -0.1) is 0 Å². The summed E-state index contributed by atoms with van der Waals surface area (Å²) in [6, 6.07) is 9.85. The van der Waals surface area contributed by atoms with Gasteiger partial charge in [0.15, 0.2) is 0 Å². The molecule has 1 amide bonds. The van der Waals surface area contributed by atoms with E-state index in [4.69, 9.17) is 0 Å². The first-order valence-electron chi connectivity index (χ1n) is 6.02. The monoisotopic (exact) mass is 258 g/mol. The molecule has 0 saturated heterocycles. The minimum atomic E-state index is -0.318. The summed E-state index contributed by atoms with van der Waals surface area (Å²) in [6.07, 6.45) is 3.60. The van der Waals surface area contributed by atoms with E-state index in [1.54, 1.807) is 36.5 Å². The Kier molecular flexibility index (Phi) is 4.23. The molecular formula is C15H15FN2O. The van der Waals surface area contributed by atoms with Crippen LogP contribution < -0.4 is 0 Å². The number of halogens is 1. The van der Waals surface area contributed by atoms with Gasteiger partial charge in [0.25, 0.3) is 0 Å². The Hall–Kier alpha value is -2.23. The SMILES string of the molecule is CN(Cc1ccncc1)C(=O)Cc1cccc(F)c1. The molecule has 2 aromatic rings. The van der Waals surface area contributed by atoms with Crippen molar-refractivity contribution in [3.63, 3.8) is 0 Å². The highest BCUT2D eigenvalue weighted by molar-refractivity contribution is 5.78. The normalized spacial score (nSPS) is 10.2. The number of nitrogens with zero attached hydrogens (tertiary/aromatic N) is 2. The van der Waals surface area contributed by atoms with Crippen molar-refractivity contribution in [1.82, 2.24) is 9.88 Å². The standard InChI is InChI=1S/C15H15FN2O/c1-18(11-12-5-7-17-8-6-12)15(19)10-13-3-2-4-14(16)9-13/h2-9H,10-11H2,1H3. The van der Waals surface area contributed by atoms with Crippen molar-refractivity contribution in [2.45, 2.75) is 13.0 Å². The molecule has 0 spiro atoms. The molecule has 4 heteroatoms. The van der Waals surface area contributed by atoms with Crippen molar-refractivity contribution in [3.8, 4) is 0 Å². The van der Waals surface area contributed by atoms with Crippen LogP contribution in [0.25, 0.3) is 0 Å². The number of amides is 1. The maximum atomic E-state index is 13.0. The van der Waals surface area contributed by atoms with Crippen LogP contribution in [0.4, 0.5) is 4.39 Å². The average molecular weight is 258 g/mol. The van der Waals surface area contributed by atoms with E-state index in [1.807, 2.05) is 12.1 Å². The van der Waals surface area contributed by atoms with Crippen LogP contribution >= 0.6 is 0 Å². The molecule has 1 aromatic carbocycles. The lowest BCUT2D eigenvalue weighted by Crippen LogP contribution is -2.27. The molecule has 0 fully saturated rings. The fourth-order valence-corrected chi connectivity index (χ4v) is 1.81. The highest BCUT2D eigenvalue weighted by Crippen LogP contribution is 2.07. The summed E-state index contributed by atoms with van der Waals surface area (Å²) in [6.45, 7) is 0.524. The first-order chi connectivity index (χ1) is 9.15. The maximum Gasteiger partial charge on any atom is 0.227 e. The third kappa shape index (κ3) is 3.88. The Morgan fingerprint density at radius 2 is 1.95 bits per heavy atom. The summed E-state index contributed by atoms with van der Waals surface area (Å²) in [5, 5.41) is 0. The molecule has 0 bridgehead atoms. The molecule has 2 rings (SSSR count). The van der Waals surface area contributed by atoms with E-state index < -0.39 is 0 Å². The van der Waals surface area contributed by atoms with Gasteiger partial charge in [-0.05, 0) is 35.4 Å². The number of benzene rings is 1. The minimum absolute atomic E-state index is 0.0394. The van der Waals surface area contributed by atoms with E-state index in [1.165, 1.54) is 12.1 Å². The number of hydrogen-bond acceptors (Lipinski definition) is 2. The lowest BCUT2D eigenvalue weighted by atomic mass is 10.1. The zero-order chi connectivity index (χ0) is 13.7. The zero-order valence-corrected chi connectivity index (χ0v) is 10.7. The van der Waals surface area contributed by atoms with Crippen molar-refractivity contribution in [3.05, 3.63) is 65.7 Å². The first kappa shape index (κ1) is 13.2. The van der Waals surface area contributed by atoms with Gasteiger partial charge in [-0.25, -0.2) is 4.39 Å². The zero-order valence-electron chi connectivity index (χ0n) is 10.7. The summed E-state index contributed by atoms with van der Waals surface area (Å²) < 4.78 is 13.0. The third-order valence-corrected chi connectivity index (χ3v) is 2.84. The van der Waals surface area contributed by atoms with Crippen molar-refractivity contribution >= 4 is 5.91 Å². The van der Waals surface area contributed by atoms with Crippen molar-refractivity contribution in [1.29, 1.82) is 0 Å². The van der Waals surface area contributed by atoms with Crippen LogP contribution in [0.3, 0.4) is 0 Å². The van der Waals surface area contributed by atoms with Gasteiger partial charge < -0.3 is 4.90 Å². The number of hydrogen-bond donors (Lipinski definition) is 0. The number of likely N-dealkylation sites (N-methyl/N-ethyl adjacent to an activating group) is 1. The fraction of sp³-hybridized carbons (Fsp3) is 0.200. The molecule has 19 heavy (non-hydrogen) atoms. The van der Waals surface area contributed by atoms with Crippen LogP contribution in [0.1, 0.15) is 11.1 Å². The van der Waals surface area contributed by atoms with Crippen molar-refractivity contribution in [2.24, 2.45) is 0 Å². The van der Waals surface area contributed by atoms with Gasteiger partial charge in [0, 0.05) is 26.0 Å². The number of carbonyl (C=O) groups excluding carboxylic acids is 1. The van der Waals surface area contributed by atoms with Gasteiger partial charge in [0.1, 0.15) is 5.82 Å². The van der Waals surface area contributed by atoms with E-state index in [0.717, 1.165) is 5.56 Å². The molecule has 0 radical (unpaired) electrons. The maximum absolute atomic E-state index is 13.0. The molecule has 0 atom stereocenters. The second kappa shape index (κ2) is 6.09. The molecule has 1 aromatic heterocycles. The quantitative estimate of drug-likeness (QED) is 0.843. The summed E-state index contributed by atoms with van der Waals surface area (Å²) in [4.78, 5) is 17.6. The third-order valence-electron chi connectivity index (χ3n) is 2.84. The van der Waals surface area contributed by atoms with Crippen molar-refractivity contribution < 1.29 is 9.18 Å². The number of aromatic nitrogens is 1. The smallest absolute Gasteiger partial charge is 0.227 e. The Morgan fingerprint density at radius 3 is 2.63 bits per heavy atom. The Bertz CT molecular complexity index is 557. The molecule has 0 aliphatic carbocycles. The Balaban J connectivity index is 1.96. The predicted octanol–water partition coefficient (Wildman–Crippen LogP) is 2.42. The molecule has 0 aliphatic rings. The highest BCUT2D eigenvalue weighted by atomic mass is 19.1. The van der Waals surface area contributed by atoms with E-state index in [-0.39, 0.29) is 18.1 Å². The highest BCUT2D eigenvalue weighted by Gasteiger charge is 2.10. The van der Waals surface area contributed by atoms with E-state index in [0.29, 0.717) is 12.1 Å². The topological polar surface area (TPSA) is 33.2 Å². The van der Waals surface area contributed by atoms with Crippen molar-refractivity contribution in [2.75, 3.05) is 7.05 Å². The average Bonchev–Trinajstić information content (AvgIpc) is 2.40. The van der Waals surface area contributed by atoms with Crippen LogP contribution in [0.5, 0.6) is 0 Å². The summed E-state index contributed by atoms with van der Waals surface area (Å²) >= 11 is 0. The molecule has 98 valence electrons. The van der Waals surface area contributed by atoms with Crippen LogP contribution in [-0.2, 0) is 17.8 Å². The Labute approximate surface area is 111 Å². The Morgan fingerprint density at radius 1 is 1.21 bits per heavy atom. The molecule has 0 aliphatic heterocycles. The number of rotatable bonds is 4. The van der Waals surface area contributed by atoms with E-state index in [2.05, 4.69) is 4.98 Å². The van der Waals surface area contributed by atoms with Gasteiger partial charge in [-0.3, -0.25) is 9.78 Å². The number of pyridine rings is 1. The molecule has 0 saturated carbocycles. The van der Waals surface area contributed by atoms with Crippen LogP contribution in [-0.4, -0.2) is 22.8 Å². The van der Waals surface area contributed by atoms with Gasteiger partial charge in [-0.2, -0.15) is 0 Å². The molecule has 1 heterocycles. The van der Waals surface area contributed by atoms with Crippen LogP contribution in [0.2, 0.25) is 0 Å². The second-order valence-corrected chi connectivity index (χ2v) is 4.41. The minimum Gasteiger partial charge on any atom is -0.341 e. The summed E-state index contributed by atoms with van der Waals surface area (Å²) in [5.74, 6) is -0.357. The van der Waals surface area contributed by atoms with Gasteiger partial charge in [0.05, 0.1) is 6.42 Å². The summed E-state index contributed by atoms with van der Waals surface area (Å²) in [5.41, 5.74) is 1.71. The molecular weight excluding hydrogens is 243 g/mol. The van der Waals surface area contributed by atoms with Gasteiger partial charge >= 0.3 is 0 Å².